The number of nitrogens with zero attached hydrogens (tertiary/aromatic N) is 1. The first kappa shape index (κ1) is 18.9. The number of halogens is 1. The quantitative estimate of drug-likeness (QED) is 0.793. The third kappa shape index (κ3) is 4.33. The number of anilines is 1. The molecule has 2 aromatic carbocycles. The van der Waals surface area contributed by atoms with Crippen molar-refractivity contribution >= 4 is 5.69 Å². The van der Waals surface area contributed by atoms with Gasteiger partial charge in [0.05, 0.1) is 27.0 Å². The second-order valence-corrected chi connectivity index (χ2v) is 5.78. The topological polar surface area (TPSA) is 43.0 Å². The van der Waals surface area contributed by atoms with Crippen LogP contribution in [0.2, 0.25) is 0 Å². The van der Waals surface area contributed by atoms with E-state index in [0.717, 1.165) is 11.1 Å². The molecule has 1 N–H and O–H groups in total. The summed E-state index contributed by atoms with van der Waals surface area (Å²) in [7, 11) is 8.39. The molecule has 0 fully saturated rings. The molecule has 136 valence electrons. The number of benzene rings is 2. The van der Waals surface area contributed by atoms with E-state index in [1.165, 1.54) is 0 Å². The Bertz CT molecular complexity index is 720. The van der Waals surface area contributed by atoms with Crippen LogP contribution in [-0.2, 0) is 13.1 Å². The van der Waals surface area contributed by atoms with Gasteiger partial charge in [-0.05, 0) is 23.8 Å². The van der Waals surface area contributed by atoms with Crippen LogP contribution in [0.25, 0.3) is 0 Å². The van der Waals surface area contributed by atoms with Crippen molar-refractivity contribution in [2.24, 2.45) is 0 Å². The molecule has 0 aliphatic carbocycles. The number of nitrogens with one attached hydrogen (secondary N) is 1. The average molecular weight is 348 g/mol. The van der Waals surface area contributed by atoms with Crippen LogP contribution in [0.15, 0.2) is 30.3 Å². The molecule has 0 radical (unpaired) electrons. The maximum Gasteiger partial charge on any atom is 0.203 e. The van der Waals surface area contributed by atoms with Gasteiger partial charge in [-0.15, -0.1) is 0 Å². The van der Waals surface area contributed by atoms with E-state index in [4.69, 9.17) is 14.2 Å². The zero-order valence-corrected chi connectivity index (χ0v) is 15.4. The molecule has 25 heavy (non-hydrogen) atoms. The lowest BCUT2D eigenvalue weighted by Crippen LogP contribution is -2.15. The van der Waals surface area contributed by atoms with Gasteiger partial charge in [0, 0.05) is 32.7 Å². The first-order valence-corrected chi connectivity index (χ1v) is 7.96. The van der Waals surface area contributed by atoms with Crippen molar-refractivity contribution in [3.05, 3.63) is 47.3 Å². The van der Waals surface area contributed by atoms with Gasteiger partial charge >= 0.3 is 0 Å². The van der Waals surface area contributed by atoms with Gasteiger partial charge in [-0.3, -0.25) is 0 Å². The normalized spacial score (nSPS) is 10.5. The Morgan fingerprint density at radius 3 is 2.20 bits per heavy atom. The van der Waals surface area contributed by atoms with Gasteiger partial charge in [0.1, 0.15) is 5.82 Å². The lowest BCUT2D eigenvalue weighted by Gasteiger charge is -2.16. The van der Waals surface area contributed by atoms with Crippen LogP contribution in [-0.4, -0.2) is 35.4 Å². The Morgan fingerprint density at radius 2 is 1.64 bits per heavy atom. The van der Waals surface area contributed by atoms with E-state index in [-0.39, 0.29) is 5.82 Å². The summed E-state index contributed by atoms with van der Waals surface area (Å²) >= 11 is 0. The van der Waals surface area contributed by atoms with E-state index < -0.39 is 0 Å². The Morgan fingerprint density at radius 1 is 0.920 bits per heavy atom. The van der Waals surface area contributed by atoms with Crippen molar-refractivity contribution in [1.29, 1.82) is 0 Å². The minimum atomic E-state index is -0.229. The molecule has 2 rings (SSSR count). The molecule has 0 amide bonds. The van der Waals surface area contributed by atoms with Crippen molar-refractivity contribution in [2.75, 3.05) is 40.3 Å². The fourth-order valence-corrected chi connectivity index (χ4v) is 2.67. The first-order valence-electron chi connectivity index (χ1n) is 7.96. The molecule has 0 atom stereocenters. The zero-order chi connectivity index (χ0) is 18.4. The molecule has 0 heterocycles. The summed E-state index contributed by atoms with van der Waals surface area (Å²) in [6, 6.07) is 9.00. The lowest BCUT2D eigenvalue weighted by molar-refractivity contribution is 0.321. The van der Waals surface area contributed by atoms with Crippen LogP contribution in [0.5, 0.6) is 17.2 Å². The molecule has 0 aromatic heterocycles. The third-order valence-corrected chi connectivity index (χ3v) is 3.92. The number of hydrogen-bond acceptors (Lipinski definition) is 5. The molecule has 0 saturated heterocycles. The summed E-state index contributed by atoms with van der Waals surface area (Å²) in [6.45, 7) is 1.10. The predicted octanol–water partition coefficient (Wildman–Crippen LogP) is 3.21. The van der Waals surface area contributed by atoms with Crippen LogP contribution < -0.4 is 24.4 Å². The Labute approximate surface area is 148 Å². The second kappa shape index (κ2) is 8.58. The molecule has 0 aliphatic rings. The monoisotopic (exact) mass is 348 g/mol. The minimum absolute atomic E-state index is 0.229. The molecule has 0 unspecified atom stereocenters. The van der Waals surface area contributed by atoms with Gasteiger partial charge in [-0.1, -0.05) is 12.1 Å². The van der Waals surface area contributed by atoms with Crippen molar-refractivity contribution in [3.8, 4) is 17.2 Å². The van der Waals surface area contributed by atoms with E-state index in [0.29, 0.717) is 36.0 Å². The van der Waals surface area contributed by atoms with Crippen LogP contribution >= 0.6 is 0 Å². The smallest absolute Gasteiger partial charge is 0.203 e. The van der Waals surface area contributed by atoms with Gasteiger partial charge in [0.25, 0.3) is 0 Å². The van der Waals surface area contributed by atoms with Gasteiger partial charge in [-0.2, -0.15) is 0 Å². The maximum absolute atomic E-state index is 14.0. The zero-order valence-electron chi connectivity index (χ0n) is 15.4. The summed E-state index contributed by atoms with van der Waals surface area (Å²) in [5.74, 6) is 1.58. The lowest BCUT2D eigenvalue weighted by atomic mass is 10.1. The molecule has 6 heteroatoms. The van der Waals surface area contributed by atoms with Crippen LogP contribution in [0.4, 0.5) is 10.1 Å². The highest BCUT2D eigenvalue weighted by atomic mass is 19.1. The van der Waals surface area contributed by atoms with Gasteiger partial charge in [0.15, 0.2) is 11.5 Å². The number of hydrogen-bond donors (Lipinski definition) is 1. The fourth-order valence-electron chi connectivity index (χ4n) is 2.67. The Kier molecular flexibility index (Phi) is 6.47. The van der Waals surface area contributed by atoms with Crippen LogP contribution in [0, 0.1) is 5.82 Å². The van der Waals surface area contributed by atoms with Crippen molar-refractivity contribution in [3.63, 3.8) is 0 Å². The first-order chi connectivity index (χ1) is 12.0. The van der Waals surface area contributed by atoms with E-state index in [2.05, 4.69) is 5.32 Å². The number of methoxy groups -OCH3 is 3. The Hall–Kier alpha value is -2.47. The maximum atomic E-state index is 14.0. The standard InChI is InChI=1S/C19H25FN2O3/c1-22(2)16-8-6-13(10-15(16)20)11-21-12-14-7-9-17(23-3)19(25-5)18(14)24-4/h6-10,21H,11-12H2,1-5H3. The highest BCUT2D eigenvalue weighted by molar-refractivity contribution is 5.55. The average Bonchev–Trinajstić information content (AvgIpc) is 2.60. The Balaban J connectivity index is 2.08. The number of ether oxygens (including phenoxy) is 3. The minimum Gasteiger partial charge on any atom is -0.493 e. The van der Waals surface area contributed by atoms with Crippen molar-refractivity contribution < 1.29 is 18.6 Å². The van der Waals surface area contributed by atoms with Crippen LogP contribution in [0.1, 0.15) is 11.1 Å². The van der Waals surface area contributed by atoms with Crippen LogP contribution in [0.3, 0.4) is 0 Å². The molecule has 0 aliphatic heterocycles. The molecule has 0 spiro atoms. The summed E-state index contributed by atoms with van der Waals surface area (Å²) in [5, 5.41) is 3.30. The molecule has 5 nitrogen and oxygen atoms in total. The SMILES string of the molecule is COc1ccc(CNCc2ccc(N(C)C)c(F)c2)c(OC)c1OC. The fraction of sp³-hybridized carbons (Fsp3) is 0.368. The predicted molar refractivity (Wildman–Crippen MR) is 97.4 cm³/mol. The largest absolute Gasteiger partial charge is 0.493 e. The van der Waals surface area contributed by atoms with Gasteiger partial charge in [-0.25, -0.2) is 4.39 Å². The van der Waals surface area contributed by atoms with Crippen molar-refractivity contribution in [1.82, 2.24) is 5.32 Å². The molecule has 0 bridgehead atoms. The van der Waals surface area contributed by atoms with Gasteiger partial charge in [0.2, 0.25) is 5.75 Å². The van der Waals surface area contributed by atoms with Gasteiger partial charge < -0.3 is 24.4 Å². The second-order valence-electron chi connectivity index (χ2n) is 5.78. The molecular weight excluding hydrogens is 323 g/mol. The number of rotatable bonds is 8. The summed E-state index contributed by atoms with van der Waals surface area (Å²) < 4.78 is 30.2. The summed E-state index contributed by atoms with van der Waals surface area (Å²) in [5.41, 5.74) is 2.39. The third-order valence-electron chi connectivity index (χ3n) is 3.92. The molecular formula is C19H25FN2O3. The highest BCUT2D eigenvalue weighted by Crippen LogP contribution is 2.39. The summed E-state index contributed by atoms with van der Waals surface area (Å²) in [4.78, 5) is 1.75. The molecule has 2 aromatic rings. The van der Waals surface area contributed by atoms with Crippen molar-refractivity contribution in [2.45, 2.75) is 13.1 Å². The highest BCUT2D eigenvalue weighted by Gasteiger charge is 2.15. The van der Waals surface area contributed by atoms with E-state index >= 15 is 0 Å². The summed E-state index contributed by atoms with van der Waals surface area (Å²) in [6.07, 6.45) is 0. The molecule has 0 saturated carbocycles. The van der Waals surface area contributed by atoms with E-state index in [1.807, 2.05) is 32.3 Å². The van der Waals surface area contributed by atoms with E-state index in [9.17, 15) is 4.39 Å². The van der Waals surface area contributed by atoms with E-state index in [1.54, 1.807) is 38.4 Å².